The molecular formula is C13H20N4O2S. The largest absolute Gasteiger partial charge is 0.351 e. The van der Waals surface area contributed by atoms with Crippen molar-refractivity contribution in [1.82, 2.24) is 15.6 Å². The molecule has 6 nitrogen and oxygen atoms in total. The van der Waals surface area contributed by atoms with Crippen LogP contribution in [0.25, 0.3) is 0 Å². The third-order valence-corrected chi connectivity index (χ3v) is 4.01. The Morgan fingerprint density at radius 2 is 2.40 bits per heavy atom. The van der Waals surface area contributed by atoms with Gasteiger partial charge in [-0.2, -0.15) is 0 Å². The van der Waals surface area contributed by atoms with Gasteiger partial charge in [-0.3, -0.25) is 9.59 Å². The first-order chi connectivity index (χ1) is 9.65. The summed E-state index contributed by atoms with van der Waals surface area (Å²) in [6.07, 6.45) is 3.43. The van der Waals surface area contributed by atoms with E-state index in [1.165, 1.54) is 31.1 Å². The lowest BCUT2D eigenvalue weighted by Crippen LogP contribution is -2.33. The summed E-state index contributed by atoms with van der Waals surface area (Å²) in [4.78, 5) is 26.9. The zero-order valence-electron chi connectivity index (χ0n) is 11.6. The average molecular weight is 296 g/mol. The van der Waals surface area contributed by atoms with Crippen LogP contribution in [0.5, 0.6) is 0 Å². The summed E-state index contributed by atoms with van der Waals surface area (Å²) in [5.74, 6) is 0.284. The number of carbonyl (C=O) groups is 2. The number of piperidine rings is 1. The first-order valence-electron chi connectivity index (χ1n) is 6.87. The zero-order chi connectivity index (χ0) is 14.4. The fourth-order valence-corrected chi connectivity index (χ4v) is 2.97. The molecule has 1 aliphatic heterocycles. The van der Waals surface area contributed by atoms with Gasteiger partial charge in [0.2, 0.25) is 5.91 Å². The van der Waals surface area contributed by atoms with Gasteiger partial charge in [-0.1, -0.05) is 0 Å². The predicted molar refractivity (Wildman–Crippen MR) is 79.0 cm³/mol. The molecule has 0 spiro atoms. The number of thiazole rings is 1. The number of hydrogen-bond acceptors (Lipinski definition) is 5. The quantitative estimate of drug-likeness (QED) is 0.763. The summed E-state index contributed by atoms with van der Waals surface area (Å²) in [7, 11) is 0. The summed E-state index contributed by atoms with van der Waals surface area (Å²) in [5, 5.41) is 10.9. The van der Waals surface area contributed by atoms with E-state index in [1.54, 1.807) is 5.38 Å². The zero-order valence-corrected chi connectivity index (χ0v) is 12.4. The average Bonchev–Trinajstić information content (AvgIpc) is 2.87. The van der Waals surface area contributed by atoms with Gasteiger partial charge in [0.15, 0.2) is 5.13 Å². The maximum Gasteiger partial charge on any atom is 0.270 e. The number of hydrogen-bond donors (Lipinski definition) is 3. The van der Waals surface area contributed by atoms with Gasteiger partial charge >= 0.3 is 0 Å². The number of nitrogens with zero attached hydrogens (tertiary/aromatic N) is 1. The molecule has 0 radical (unpaired) electrons. The van der Waals surface area contributed by atoms with Gasteiger partial charge < -0.3 is 16.0 Å². The van der Waals surface area contributed by atoms with Gasteiger partial charge in [0.25, 0.3) is 5.91 Å². The first kappa shape index (κ1) is 14.9. The second-order valence-corrected chi connectivity index (χ2v) is 5.83. The molecule has 1 aliphatic rings. The van der Waals surface area contributed by atoms with Crippen LogP contribution in [-0.4, -0.2) is 36.4 Å². The molecule has 1 aromatic heterocycles. The van der Waals surface area contributed by atoms with Gasteiger partial charge in [0.1, 0.15) is 5.69 Å². The number of anilines is 1. The minimum Gasteiger partial charge on any atom is -0.351 e. The van der Waals surface area contributed by atoms with Crippen molar-refractivity contribution in [3.05, 3.63) is 11.1 Å². The highest BCUT2D eigenvalue weighted by Crippen LogP contribution is 2.16. The second kappa shape index (κ2) is 7.35. The van der Waals surface area contributed by atoms with Crippen molar-refractivity contribution in [2.75, 3.05) is 25.0 Å². The lowest BCUT2D eigenvalue weighted by Gasteiger charge is -2.22. The monoisotopic (exact) mass is 296 g/mol. The molecule has 0 saturated carbocycles. The third kappa shape index (κ3) is 4.57. The van der Waals surface area contributed by atoms with E-state index in [4.69, 9.17) is 0 Å². The molecule has 1 aromatic rings. The van der Waals surface area contributed by atoms with Crippen molar-refractivity contribution in [1.29, 1.82) is 0 Å². The molecule has 0 bridgehead atoms. The molecule has 110 valence electrons. The molecule has 0 aromatic carbocycles. The van der Waals surface area contributed by atoms with E-state index in [-0.39, 0.29) is 11.8 Å². The van der Waals surface area contributed by atoms with Crippen LogP contribution in [0.15, 0.2) is 5.38 Å². The summed E-state index contributed by atoms with van der Waals surface area (Å²) < 4.78 is 0. The van der Waals surface area contributed by atoms with Crippen LogP contribution in [0.4, 0.5) is 5.13 Å². The van der Waals surface area contributed by atoms with Gasteiger partial charge in [0.05, 0.1) is 0 Å². The fraction of sp³-hybridized carbons (Fsp3) is 0.615. The molecule has 1 atom stereocenters. The molecule has 2 amide bonds. The molecule has 3 N–H and O–H groups in total. The molecule has 1 fully saturated rings. The molecule has 2 heterocycles. The number of amides is 2. The molecule has 20 heavy (non-hydrogen) atoms. The predicted octanol–water partition coefficient (Wildman–Crippen LogP) is 1.22. The normalized spacial score (nSPS) is 18.6. The molecule has 1 saturated heterocycles. The maximum atomic E-state index is 11.9. The van der Waals surface area contributed by atoms with Crippen LogP contribution in [0, 0.1) is 5.92 Å². The minimum atomic E-state index is -0.184. The van der Waals surface area contributed by atoms with Crippen molar-refractivity contribution >= 4 is 28.3 Å². The highest BCUT2D eigenvalue weighted by Gasteiger charge is 2.14. The smallest absolute Gasteiger partial charge is 0.270 e. The van der Waals surface area contributed by atoms with Crippen molar-refractivity contribution in [3.8, 4) is 0 Å². The fourth-order valence-electron chi connectivity index (χ4n) is 2.24. The lowest BCUT2D eigenvalue weighted by atomic mass is 9.96. The Labute approximate surface area is 122 Å². The molecule has 7 heteroatoms. The van der Waals surface area contributed by atoms with E-state index in [0.29, 0.717) is 23.3 Å². The topological polar surface area (TPSA) is 83.1 Å². The van der Waals surface area contributed by atoms with E-state index >= 15 is 0 Å². The van der Waals surface area contributed by atoms with Crippen molar-refractivity contribution in [2.45, 2.75) is 26.2 Å². The second-order valence-electron chi connectivity index (χ2n) is 4.98. The molecule has 0 aliphatic carbocycles. The van der Waals surface area contributed by atoms with Crippen molar-refractivity contribution < 1.29 is 9.59 Å². The van der Waals surface area contributed by atoms with Crippen LogP contribution in [0.1, 0.15) is 36.7 Å². The summed E-state index contributed by atoms with van der Waals surface area (Å²) in [6, 6.07) is 0. The van der Waals surface area contributed by atoms with E-state index in [0.717, 1.165) is 19.5 Å². The summed E-state index contributed by atoms with van der Waals surface area (Å²) >= 11 is 1.25. The summed E-state index contributed by atoms with van der Waals surface area (Å²) in [5.41, 5.74) is 0.362. The standard InChI is InChI=1S/C13H20N4O2S/c1-9(18)16-13-17-11(8-20-13)12(19)15-6-4-10-3-2-5-14-7-10/h8,10,14H,2-7H2,1H3,(H,15,19)(H,16,17,18). The number of carbonyl (C=O) groups excluding carboxylic acids is 2. The Bertz CT molecular complexity index is 469. The number of nitrogens with one attached hydrogen (secondary N) is 3. The third-order valence-electron chi connectivity index (χ3n) is 3.26. The lowest BCUT2D eigenvalue weighted by molar-refractivity contribution is -0.114. The maximum absolute atomic E-state index is 11.9. The van der Waals surface area contributed by atoms with Gasteiger partial charge in [0, 0.05) is 18.8 Å². The highest BCUT2D eigenvalue weighted by atomic mass is 32.1. The number of rotatable bonds is 5. The Hall–Kier alpha value is -1.47. The van der Waals surface area contributed by atoms with E-state index in [9.17, 15) is 9.59 Å². The van der Waals surface area contributed by atoms with Gasteiger partial charge in [-0.05, 0) is 38.3 Å². The van der Waals surface area contributed by atoms with Crippen molar-refractivity contribution in [2.24, 2.45) is 5.92 Å². The van der Waals surface area contributed by atoms with Crippen LogP contribution in [-0.2, 0) is 4.79 Å². The minimum absolute atomic E-state index is 0.179. The van der Waals surface area contributed by atoms with Crippen LogP contribution in [0.3, 0.4) is 0 Å². The van der Waals surface area contributed by atoms with E-state index < -0.39 is 0 Å². The molecule has 2 rings (SSSR count). The van der Waals surface area contributed by atoms with E-state index in [1.807, 2.05) is 0 Å². The van der Waals surface area contributed by atoms with E-state index in [2.05, 4.69) is 20.9 Å². The number of aromatic nitrogens is 1. The molecular weight excluding hydrogens is 276 g/mol. The van der Waals surface area contributed by atoms with Crippen molar-refractivity contribution in [3.63, 3.8) is 0 Å². The first-order valence-corrected chi connectivity index (χ1v) is 7.75. The Balaban J connectivity index is 1.73. The molecule has 1 unspecified atom stereocenters. The van der Waals surface area contributed by atoms with Crippen LogP contribution >= 0.6 is 11.3 Å². The van der Waals surface area contributed by atoms with Gasteiger partial charge in [-0.25, -0.2) is 4.98 Å². The van der Waals surface area contributed by atoms with Crippen LogP contribution < -0.4 is 16.0 Å². The SMILES string of the molecule is CC(=O)Nc1nc(C(=O)NCCC2CCCNC2)cs1. The summed E-state index contributed by atoms with van der Waals surface area (Å²) in [6.45, 7) is 4.23. The highest BCUT2D eigenvalue weighted by molar-refractivity contribution is 7.14. The Morgan fingerprint density at radius 3 is 3.10 bits per heavy atom. The van der Waals surface area contributed by atoms with Crippen LogP contribution in [0.2, 0.25) is 0 Å². The Kier molecular flexibility index (Phi) is 5.49. The van der Waals surface area contributed by atoms with Gasteiger partial charge in [-0.15, -0.1) is 11.3 Å². The Morgan fingerprint density at radius 1 is 1.55 bits per heavy atom.